The van der Waals surface area contributed by atoms with E-state index in [0.717, 1.165) is 48.3 Å². The maximum absolute atomic E-state index is 14.3. The molecule has 0 radical (unpaired) electrons. The summed E-state index contributed by atoms with van der Waals surface area (Å²) in [6, 6.07) is 4.29. The highest BCUT2D eigenvalue weighted by molar-refractivity contribution is 7.13. The zero-order valence-corrected chi connectivity index (χ0v) is 18.8. The fourth-order valence-electron chi connectivity index (χ4n) is 4.99. The van der Waals surface area contributed by atoms with E-state index in [9.17, 15) is 13.6 Å². The van der Waals surface area contributed by atoms with E-state index in [0.29, 0.717) is 11.6 Å². The number of halogens is 3. The average Bonchev–Trinajstić information content (AvgIpc) is 3.23. The predicted octanol–water partition coefficient (Wildman–Crippen LogP) is 5.62. The number of thiazole rings is 1. The van der Waals surface area contributed by atoms with Crippen molar-refractivity contribution in [3.63, 3.8) is 0 Å². The summed E-state index contributed by atoms with van der Waals surface area (Å²) in [5.74, 6) is -1.35. The molecule has 5 rings (SSSR count). The Bertz CT molecular complexity index is 1220. The molecule has 166 valence electrons. The van der Waals surface area contributed by atoms with Gasteiger partial charge in [0.2, 0.25) is 0 Å². The van der Waals surface area contributed by atoms with Crippen molar-refractivity contribution in [1.82, 2.24) is 9.97 Å². The number of aromatic nitrogens is 2. The van der Waals surface area contributed by atoms with Crippen molar-refractivity contribution >= 4 is 34.5 Å². The van der Waals surface area contributed by atoms with Crippen LogP contribution >= 0.6 is 22.9 Å². The minimum Gasteiger partial charge on any atom is -0.327 e. The molecule has 0 aliphatic heterocycles. The summed E-state index contributed by atoms with van der Waals surface area (Å²) < 4.78 is 28.5. The molecule has 3 aromatic rings. The summed E-state index contributed by atoms with van der Waals surface area (Å²) >= 11 is 6.75. The monoisotopic (exact) mass is 474 g/mol. The number of nitrogens with two attached hydrogens (primary N) is 1. The van der Waals surface area contributed by atoms with Gasteiger partial charge in [0.15, 0.2) is 5.82 Å². The fraction of sp³-hybridized carbons (Fsp3) is 0.348. The number of anilines is 1. The van der Waals surface area contributed by atoms with Crippen LogP contribution in [0.1, 0.15) is 48.2 Å². The molecular formula is C23H21ClF2N4OS. The van der Waals surface area contributed by atoms with Crippen LogP contribution < -0.4 is 11.1 Å². The first kappa shape index (κ1) is 21.4. The van der Waals surface area contributed by atoms with Gasteiger partial charge in [-0.3, -0.25) is 9.78 Å². The van der Waals surface area contributed by atoms with Gasteiger partial charge < -0.3 is 11.1 Å². The zero-order chi connectivity index (χ0) is 22.6. The van der Waals surface area contributed by atoms with Crippen LogP contribution in [-0.2, 0) is 0 Å². The lowest BCUT2D eigenvalue weighted by atomic mass is 9.76. The van der Waals surface area contributed by atoms with E-state index < -0.39 is 17.5 Å². The number of hydrogen-bond acceptors (Lipinski definition) is 5. The number of fused-ring (bicyclic) bond motifs is 1. The number of pyridine rings is 1. The quantitative estimate of drug-likeness (QED) is 0.481. The van der Waals surface area contributed by atoms with E-state index in [1.54, 1.807) is 12.4 Å². The van der Waals surface area contributed by atoms with Crippen LogP contribution in [-0.4, -0.2) is 21.9 Å². The summed E-state index contributed by atoms with van der Waals surface area (Å²) in [6.07, 6.45) is 6.36. The van der Waals surface area contributed by atoms with E-state index >= 15 is 0 Å². The number of nitrogens with zero attached hydrogens (tertiary/aromatic N) is 2. The summed E-state index contributed by atoms with van der Waals surface area (Å²) in [5, 5.41) is 4.18. The van der Waals surface area contributed by atoms with Crippen LogP contribution in [0.4, 0.5) is 14.5 Å². The number of nitrogens with one attached hydrogen (secondary N) is 1. The Hall–Kier alpha value is -2.42. The molecule has 1 amide bonds. The van der Waals surface area contributed by atoms with Crippen LogP contribution in [0, 0.1) is 23.0 Å². The van der Waals surface area contributed by atoms with Gasteiger partial charge in [-0.2, -0.15) is 0 Å². The molecule has 2 aliphatic carbocycles. The summed E-state index contributed by atoms with van der Waals surface area (Å²) in [4.78, 5) is 21.2. The number of rotatable bonds is 4. The maximum Gasteiger partial charge on any atom is 0.275 e. The first-order valence-corrected chi connectivity index (χ1v) is 11.6. The SMILES string of the molecule is C[C@]12CC1[C@H](N)C[C@H](c1ccncc1NC(=O)c1csc(-c3c(F)ccc(Cl)c3F)n1)C2. The van der Waals surface area contributed by atoms with Gasteiger partial charge in [0.25, 0.3) is 5.91 Å². The maximum atomic E-state index is 14.3. The second-order valence-corrected chi connectivity index (χ2v) is 10.2. The minimum atomic E-state index is -0.900. The Morgan fingerprint density at radius 3 is 2.91 bits per heavy atom. The molecule has 0 saturated heterocycles. The molecule has 2 aliphatic rings. The van der Waals surface area contributed by atoms with Gasteiger partial charge >= 0.3 is 0 Å². The number of benzene rings is 1. The Labute approximate surface area is 193 Å². The number of amides is 1. The van der Waals surface area contributed by atoms with E-state index in [4.69, 9.17) is 17.3 Å². The number of hydrogen-bond donors (Lipinski definition) is 2. The molecule has 4 atom stereocenters. The first-order chi connectivity index (χ1) is 15.3. The molecule has 9 heteroatoms. The standard InChI is InChI=1S/C23H21ClF2N4OS/c1-23-7-11(6-16(27)13(23)8-23)12-4-5-28-9-17(12)29-21(31)18-10-32-22(30-18)19-15(25)3-2-14(24)20(19)26/h2-5,9-11,13,16H,6-8,27H2,1H3,(H,29,31)/t11-,13?,16+,23-/m0/s1. The van der Waals surface area contributed by atoms with Gasteiger partial charge in [0.05, 0.1) is 22.5 Å². The third-order valence-electron chi connectivity index (χ3n) is 6.74. The van der Waals surface area contributed by atoms with Crippen LogP contribution in [0.3, 0.4) is 0 Å². The minimum absolute atomic E-state index is 0.0463. The van der Waals surface area contributed by atoms with E-state index in [1.165, 1.54) is 5.38 Å². The normalized spacial score (nSPS) is 26.5. The van der Waals surface area contributed by atoms with Crippen LogP contribution in [0.25, 0.3) is 10.6 Å². The highest BCUT2D eigenvalue weighted by atomic mass is 35.5. The van der Waals surface area contributed by atoms with E-state index in [1.807, 2.05) is 6.07 Å². The molecule has 2 heterocycles. The molecule has 2 saturated carbocycles. The second kappa shape index (κ2) is 7.86. The van der Waals surface area contributed by atoms with Gasteiger partial charge in [-0.1, -0.05) is 18.5 Å². The van der Waals surface area contributed by atoms with Gasteiger partial charge in [-0.05, 0) is 60.3 Å². The average molecular weight is 475 g/mol. The van der Waals surface area contributed by atoms with Crippen molar-refractivity contribution in [2.24, 2.45) is 17.1 Å². The smallest absolute Gasteiger partial charge is 0.275 e. The topological polar surface area (TPSA) is 80.9 Å². The van der Waals surface area contributed by atoms with Crippen LogP contribution in [0.5, 0.6) is 0 Å². The van der Waals surface area contributed by atoms with Crippen molar-refractivity contribution < 1.29 is 13.6 Å². The Kier molecular flexibility index (Phi) is 5.27. The summed E-state index contributed by atoms with van der Waals surface area (Å²) in [5.41, 5.74) is 7.98. The van der Waals surface area contributed by atoms with Crippen LogP contribution in [0.15, 0.2) is 36.0 Å². The highest BCUT2D eigenvalue weighted by Crippen LogP contribution is 2.63. The van der Waals surface area contributed by atoms with Crippen molar-refractivity contribution in [3.05, 3.63) is 63.9 Å². The van der Waals surface area contributed by atoms with Crippen molar-refractivity contribution in [3.8, 4) is 10.6 Å². The Balaban J connectivity index is 1.39. The molecule has 0 bridgehead atoms. The van der Waals surface area contributed by atoms with E-state index in [2.05, 4.69) is 22.2 Å². The van der Waals surface area contributed by atoms with Crippen molar-refractivity contribution in [1.29, 1.82) is 0 Å². The molecule has 0 spiro atoms. The summed E-state index contributed by atoms with van der Waals surface area (Å²) in [6.45, 7) is 2.27. The molecule has 1 unspecified atom stereocenters. The number of carbonyl (C=O) groups is 1. The predicted molar refractivity (Wildman–Crippen MR) is 121 cm³/mol. The molecule has 3 N–H and O–H groups in total. The van der Waals surface area contributed by atoms with Crippen LogP contribution in [0.2, 0.25) is 5.02 Å². The largest absolute Gasteiger partial charge is 0.327 e. The van der Waals surface area contributed by atoms with Gasteiger partial charge in [-0.25, -0.2) is 13.8 Å². The molecule has 2 aromatic heterocycles. The fourth-order valence-corrected chi connectivity index (χ4v) is 5.99. The zero-order valence-electron chi connectivity index (χ0n) is 17.2. The lowest BCUT2D eigenvalue weighted by molar-refractivity contribution is 0.102. The molecule has 2 fully saturated rings. The highest BCUT2D eigenvalue weighted by Gasteiger charge is 2.57. The molecule has 32 heavy (non-hydrogen) atoms. The van der Waals surface area contributed by atoms with Crippen molar-refractivity contribution in [2.45, 2.75) is 38.1 Å². The van der Waals surface area contributed by atoms with E-state index in [-0.39, 0.29) is 38.7 Å². The van der Waals surface area contributed by atoms with Gasteiger partial charge in [0, 0.05) is 17.6 Å². The Morgan fingerprint density at radius 1 is 1.31 bits per heavy atom. The third-order valence-corrected chi connectivity index (χ3v) is 7.90. The second-order valence-electron chi connectivity index (χ2n) is 8.94. The Morgan fingerprint density at radius 2 is 2.12 bits per heavy atom. The molecule has 1 aromatic carbocycles. The molecular weight excluding hydrogens is 454 g/mol. The molecule has 5 nitrogen and oxygen atoms in total. The lowest BCUT2D eigenvalue weighted by Gasteiger charge is -2.32. The summed E-state index contributed by atoms with van der Waals surface area (Å²) in [7, 11) is 0. The number of carbonyl (C=O) groups excluding carboxylic acids is 1. The lowest BCUT2D eigenvalue weighted by Crippen LogP contribution is -2.33. The van der Waals surface area contributed by atoms with Crippen molar-refractivity contribution in [2.75, 3.05) is 5.32 Å². The van der Waals surface area contributed by atoms with Gasteiger partial charge in [0.1, 0.15) is 16.5 Å². The third kappa shape index (κ3) is 3.70. The van der Waals surface area contributed by atoms with Gasteiger partial charge in [-0.15, -0.1) is 11.3 Å². The first-order valence-electron chi connectivity index (χ1n) is 10.4.